The average molecular weight is 296 g/mol. The zero-order chi connectivity index (χ0) is 15.0. The molecular formula is C17H16N2OS. The molecule has 0 aliphatic carbocycles. The molecule has 4 heteroatoms. The van der Waals surface area contributed by atoms with Crippen molar-refractivity contribution in [2.45, 2.75) is 20.4 Å². The van der Waals surface area contributed by atoms with Gasteiger partial charge in [0.1, 0.15) is 0 Å². The Morgan fingerprint density at radius 1 is 1.19 bits per heavy atom. The number of hydrogen-bond acceptors (Lipinski definition) is 2. The van der Waals surface area contributed by atoms with E-state index in [-0.39, 0.29) is 12.3 Å². The number of nitrogens with one attached hydrogen (secondary N) is 1. The third kappa shape index (κ3) is 2.54. The largest absolute Gasteiger partial charge is 0.331 e. The molecule has 3 nitrogen and oxygen atoms in total. The lowest BCUT2D eigenvalue weighted by atomic mass is 10.0. The van der Waals surface area contributed by atoms with Crippen molar-refractivity contribution in [3.63, 3.8) is 0 Å². The first-order chi connectivity index (χ1) is 10.1. The van der Waals surface area contributed by atoms with Crippen LogP contribution in [0.15, 0.2) is 42.5 Å². The third-order valence-electron chi connectivity index (χ3n) is 3.67. The summed E-state index contributed by atoms with van der Waals surface area (Å²) in [4.78, 5) is 15.7. The van der Waals surface area contributed by atoms with Gasteiger partial charge in [0.25, 0.3) is 0 Å². The average Bonchev–Trinajstić information content (AvgIpc) is 2.75. The molecule has 0 aliphatic rings. The number of hydrogen-bond donors (Lipinski definition) is 1. The highest BCUT2D eigenvalue weighted by Gasteiger charge is 2.12. The number of aromatic amines is 1. The number of aromatic nitrogens is 2. The van der Waals surface area contributed by atoms with E-state index in [2.05, 4.69) is 4.98 Å². The Hall–Kier alpha value is -2.20. The minimum absolute atomic E-state index is 0.0772. The number of benzene rings is 2. The second-order valence-electron chi connectivity index (χ2n) is 5.27. The molecule has 3 aromatic rings. The predicted octanol–water partition coefficient (Wildman–Crippen LogP) is 4.20. The Bertz CT molecular complexity index is 889. The minimum Gasteiger partial charge on any atom is -0.331 e. The molecule has 0 saturated carbocycles. The van der Waals surface area contributed by atoms with Crippen LogP contribution >= 0.6 is 12.2 Å². The summed E-state index contributed by atoms with van der Waals surface area (Å²) < 4.78 is 2.43. The summed E-state index contributed by atoms with van der Waals surface area (Å²) in [5, 5.41) is 0. The molecule has 0 fully saturated rings. The molecule has 2 aromatic carbocycles. The van der Waals surface area contributed by atoms with Crippen LogP contribution in [0.2, 0.25) is 0 Å². The molecule has 0 saturated heterocycles. The Morgan fingerprint density at radius 3 is 2.71 bits per heavy atom. The van der Waals surface area contributed by atoms with Gasteiger partial charge in [-0.05, 0) is 43.8 Å². The Morgan fingerprint density at radius 2 is 1.95 bits per heavy atom. The first kappa shape index (κ1) is 13.8. The lowest BCUT2D eigenvalue weighted by Crippen LogP contribution is -2.12. The lowest BCUT2D eigenvalue weighted by Gasteiger charge is -2.07. The van der Waals surface area contributed by atoms with E-state index in [0.717, 1.165) is 27.7 Å². The van der Waals surface area contributed by atoms with Gasteiger partial charge in [-0.2, -0.15) is 0 Å². The molecule has 0 spiro atoms. The molecule has 0 unspecified atom stereocenters. The molecule has 1 heterocycles. The predicted molar refractivity (Wildman–Crippen MR) is 87.4 cm³/mol. The monoisotopic (exact) mass is 296 g/mol. The summed E-state index contributed by atoms with van der Waals surface area (Å²) >= 11 is 5.33. The molecule has 0 radical (unpaired) electrons. The van der Waals surface area contributed by atoms with Crippen LogP contribution in [-0.4, -0.2) is 15.3 Å². The van der Waals surface area contributed by atoms with Crippen molar-refractivity contribution in [2.75, 3.05) is 0 Å². The van der Waals surface area contributed by atoms with Crippen LogP contribution in [0, 0.1) is 18.6 Å². The smallest absolute Gasteiger partial charge is 0.182 e. The van der Waals surface area contributed by atoms with Gasteiger partial charge in [-0.25, -0.2) is 0 Å². The number of imidazole rings is 1. The van der Waals surface area contributed by atoms with E-state index in [1.165, 1.54) is 0 Å². The van der Waals surface area contributed by atoms with Crippen LogP contribution in [-0.2, 0) is 6.54 Å². The second-order valence-corrected chi connectivity index (χ2v) is 5.66. The highest BCUT2D eigenvalue weighted by Crippen LogP contribution is 2.16. The number of ketones is 1. The number of carbonyl (C=O) groups excluding carboxylic acids is 1. The maximum atomic E-state index is 12.6. The van der Waals surface area contributed by atoms with Gasteiger partial charge >= 0.3 is 0 Å². The Kier molecular flexibility index (Phi) is 3.47. The molecule has 1 N–H and O–H groups in total. The molecule has 0 atom stereocenters. The highest BCUT2D eigenvalue weighted by molar-refractivity contribution is 7.71. The van der Waals surface area contributed by atoms with E-state index in [1.54, 1.807) is 0 Å². The zero-order valence-corrected chi connectivity index (χ0v) is 12.8. The summed E-state index contributed by atoms with van der Waals surface area (Å²) in [6.45, 7) is 4.25. The normalized spacial score (nSPS) is 11.0. The van der Waals surface area contributed by atoms with Gasteiger partial charge in [-0.1, -0.05) is 35.9 Å². The molecular weight excluding hydrogens is 280 g/mol. The summed E-state index contributed by atoms with van der Waals surface area (Å²) in [6.07, 6.45) is 0. The minimum atomic E-state index is 0.0772. The second kappa shape index (κ2) is 5.30. The number of nitrogens with zero attached hydrogens (tertiary/aromatic N) is 1. The first-order valence-electron chi connectivity index (χ1n) is 6.84. The highest BCUT2D eigenvalue weighted by atomic mass is 32.1. The van der Waals surface area contributed by atoms with Gasteiger partial charge in [-0.3, -0.25) is 4.79 Å². The summed E-state index contributed by atoms with van der Waals surface area (Å²) in [6, 6.07) is 13.7. The molecule has 0 amide bonds. The van der Waals surface area contributed by atoms with Crippen molar-refractivity contribution >= 4 is 29.0 Å². The van der Waals surface area contributed by atoms with E-state index in [1.807, 2.05) is 60.9 Å². The number of carbonyl (C=O) groups is 1. The zero-order valence-electron chi connectivity index (χ0n) is 12.0. The number of rotatable bonds is 3. The van der Waals surface area contributed by atoms with Crippen LogP contribution in [0.4, 0.5) is 0 Å². The summed E-state index contributed by atoms with van der Waals surface area (Å²) in [5.74, 6) is 0.0772. The maximum Gasteiger partial charge on any atom is 0.182 e. The third-order valence-corrected chi connectivity index (χ3v) is 3.99. The quantitative estimate of drug-likeness (QED) is 0.581. The topological polar surface area (TPSA) is 37.8 Å². The van der Waals surface area contributed by atoms with Gasteiger partial charge in [0, 0.05) is 5.56 Å². The number of Topliss-reactive ketones (excluding diaryl/α,β-unsaturated/α-hetero) is 1. The van der Waals surface area contributed by atoms with Gasteiger partial charge < -0.3 is 9.55 Å². The van der Waals surface area contributed by atoms with Gasteiger partial charge in [-0.15, -0.1) is 0 Å². The standard InChI is InChI=1S/C17H16N2OS/c1-11-7-8-13(12(2)9-11)16(20)10-19-15-6-4-3-5-14(15)18-17(19)21/h3-9H,10H2,1-2H3,(H,18,21). The maximum absolute atomic E-state index is 12.6. The van der Waals surface area contributed by atoms with E-state index in [4.69, 9.17) is 12.2 Å². The van der Waals surface area contributed by atoms with E-state index < -0.39 is 0 Å². The van der Waals surface area contributed by atoms with Crippen LogP contribution in [0.25, 0.3) is 11.0 Å². The molecule has 1 aromatic heterocycles. The number of fused-ring (bicyclic) bond motifs is 1. The Balaban J connectivity index is 2.00. The van der Waals surface area contributed by atoms with Crippen molar-refractivity contribution in [1.29, 1.82) is 0 Å². The molecule has 3 rings (SSSR count). The van der Waals surface area contributed by atoms with Crippen LogP contribution in [0.5, 0.6) is 0 Å². The molecule has 21 heavy (non-hydrogen) atoms. The van der Waals surface area contributed by atoms with Crippen LogP contribution in [0.1, 0.15) is 21.5 Å². The van der Waals surface area contributed by atoms with Gasteiger partial charge in [0.05, 0.1) is 17.6 Å². The SMILES string of the molecule is Cc1ccc(C(=O)Cn2c(=S)[nH]c3ccccc32)c(C)c1. The van der Waals surface area contributed by atoms with Crippen molar-refractivity contribution in [2.24, 2.45) is 0 Å². The van der Waals surface area contributed by atoms with E-state index in [0.29, 0.717) is 4.77 Å². The molecule has 106 valence electrons. The van der Waals surface area contributed by atoms with Crippen molar-refractivity contribution in [3.05, 3.63) is 63.9 Å². The number of para-hydroxylation sites is 2. The van der Waals surface area contributed by atoms with Crippen LogP contribution in [0.3, 0.4) is 0 Å². The fraction of sp³-hybridized carbons (Fsp3) is 0.176. The van der Waals surface area contributed by atoms with Crippen molar-refractivity contribution in [3.8, 4) is 0 Å². The number of H-pyrrole nitrogens is 1. The summed E-state index contributed by atoms with van der Waals surface area (Å²) in [7, 11) is 0. The van der Waals surface area contributed by atoms with Gasteiger partial charge in [0.2, 0.25) is 0 Å². The summed E-state index contributed by atoms with van der Waals surface area (Å²) in [5.41, 5.74) is 4.84. The van der Waals surface area contributed by atoms with E-state index >= 15 is 0 Å². The Labute approximate surface area is 128 Å². The van der Waals surface area contributed by atoms with Crippen molar-refractivity contribution < 1.29 is 4.79 Å². The molecule has 0 bridgehead atoms. The fourth-order valence-corrected chi connectivity index (χ4v) is 2.89. The first-order valence-corrected chi connectivity index (χ1v) is 7.25. The lowest BCUT2D eigenvalue weighted by molar-refractivity contribution is 0.0972. The van der Waals surface area contributed by atoms with Gasteiger partial charge in [0.15, 0.2) is 10.6 Å². The van der Waals surface area contributed by atoms with E-state index in [9.17, 15) is 4.79 Å². The van der Waals surface area contributed by atoms with Crippen LogP contribution < -0.4 is 0 Å². The number of aryl methyl sites for hydroxylation is 2. The fourth-order valence-electron chi connectivity index (χ4n) is 2.62. The molecule has 0 aliphatic heterocycles. The van der Waals surface area contributed by atoms with Crippen molar-refractivity contribution in [1.82, 2.24) is 9.55 Å².